The molecule has 2 aromatic carbocycles. The van der Waals surface area contributed by atoms with Gasteiger partial charge in [0.1, 0.15) is 5.82 Å². The zero-order chi connectivity index (χ0) is 26.5. The van der Waals surface area contributed by atoms with Crippen molar-refractivity contribution in [1.82, 2.24) is 35.3 Å². The fourth-order valence-electron chi connectivity index (χ4n) is 4.91. The summed E-state index contributed by atoms with van der Waals surface area (Å²) >= 11 is 0. The minimum Gasteiger partial charge on any atom is -0.397 e. The number of rotatable bonds is 7. The number of nitrogens with two attached hydrogens (primary N) is 1. The molecule has 1 unspecified atom stereocenters. The van der Waals surface area contributed by atoms with Gasteiger partial charge in [-0.1, -0.05) is 60.7 Å². The van der Waals surface area contributed by atoms with Gasteiger partial charge >= 0.3 is 0 Å². The summed E-state index contributed by atoms with van der Waals surface area (Å²) in [7, 11) is 0. The molecule has 10 nitrogen and oxygen atoms in total. The van der Waals surface area contributed by atoms with Crippen LogP contribution in [0.5, 0.6) is 0 Å². The maximum Gasteiger partial charge on any atom is 0.291 e. The fourth-order valence-corrected chi connectivity index (χ4v) is 4.91. The number of hydrogen-bond donors (Lipinski definition) is 3. The highest BCUT2D eigenvalue weighted by molar-refractivity contribution is 5.94. The first-order chi connectivity index (χ1) is 18.5. The van der Waals surface area contributed by atoms with Crippen LogP contribution in [-0.4, -0.2) is 74.0 Å². The van der Waals surface area contributed by atoms with Crippen molar-refractivity contribution < 1.29 is 9.59 Å². The van der Waals surface area contributed by atoms with Crippen LogP contribution >= 0.6 is 0 Å². The molecule has 194 valence electrons. The number of aromatic nitrogens is 4. The van der Waals surface area contributed by atoms with Gasteiger partial charge in [0.15, 0.2) is 0 Å². The van der Waals surface area contributed by atoms with Crippen LogP contribution in [0.1, 0.15) is 44.0 Å². The minimum absolute atomic E-state index is 0.0589. The van der Waals surface area contributed by atoms with Crippen molar-refractivity contribution in [1.29, 1.82) is 0 Å². The number of nitrogen functional groups attached to an aromatic ring is 1. The van der Waals surface area contributed by atoms with E-state index >= 15 is 0 Å². The number of aromatic amines is 1. The van der Waals surface area contributed by atoms with E-state index in [1.54, 1.807) is 17.9 Å². The van der Waals surface area contributed by atoms with Gasteiger partial charge in [0, 0.05) is 44.6 Å². The average molecular weight is 511 g/mol. The standard InChI is InChI=1S/C28H30N8O2/c1-19-32-26(34-33-19)27(37)31-17-24-18-35(28(38)22-14-23(29)16-30-15-22)12-13-36(24)25(20-8-4-2-5-9-20)21-10-6-3-7-11-21/h2-11,14-16,24-25H,12-13,17-18,29H2,1H3,(H,31,37)(H,32,33,34). The molecule has 0 bridgehead atoms. The van der Waals surface area contributed by atoms with Crippen LogP contribution in [0.2, 0.25) is 0 Å². The molecule has 38 heavy (non-hydrogen) atoms. The molecule has 0 saturated carbocycles. The van der Waals surface area contributed by atoms with Crippen molar-refractivity contribution in [2.45, 2.75) is 19.0 Å². The summed E-state index contributed by atoms with van der Waals surface area (Å²) in [5, 5.41) is 9.66. The molecule has 4 aromatic rings. The van der Waals surface area contributed by atoms with Crippen LogP contribution in [0.25, 0.3) is 0 Å². The first-order valence-corrected chi connectivity index (χ1v) is 12.5. The third kappa shape index (κ3) is 5.55. The molecule has 3 heterocycles. The van der Waals surface area contributed by atoms with Crippen molar-refractivity contribution >= 4 is 17.5 Å². The zero-order valence-electron chi connectivity index (χ0n) is 21.1. The Kier molecular flexibility index (Phi) is 7.41. The summed E-state index contributed by atoms with van der Waals surface area (Å²) < 4.78 is 0. The van der Waals surface area contributed by atoms with E-state index < -0.39 is 0 Å². The van der Waals surface area contributed by atoms with Crippen LogP contribution in [0.15, 0.2) is 79.1 Å². The van der Waals surface area contributed by atoms with E-state index in [-0.39, 0.29) is 29.7 Å². The first-order valence-electron chi connectivity index (χ1n) is 12.5. The van der Waals surface area contributed by atoms with E-state index in [1.165, 1.54) is 12.4 Å². The van der Waals surface area contributed by atoms with Crippen LogP contribution in [0, 0.1) is 6.92 Å². The Hall–Kier alpha value is -4.57. The van der Waals surface area contributed by atoms with Gasteiger partial charge in [0.2, 0.25) is 5.82 Å². The number of amides is 2. The largest absolute Gasteiger partial charge is 0.397 e. The lowest BCUT2D eigenvalue weighted by molar-refractivity contribution is 0.0381. The second-order valence-corrected chi connectivity index (χ2v) is 9.33. The van der Waals surface area contributed by atoms with Gasteiger partial charge in [-0.05, 0) is 24.1 Å². The number of H-pyrrole nitrogens is 1. The maximum absolute atomic E-state index is 13.4. The molecular formula is C28H30N8O2. The van der Waals surface area contributed by atoms with Crippen molar-refractivity contribution in [3.63, 3.8) is 0 Å². The molecule has 5 rings (SSSR count). The summed E-state index contributed by atoms with van der Waals surface area (Å²) in [5.41, 5.74) is 9.04. The molecule has 0 spiro atoms. The number of nitrogens with one attached hydrogen (secondary N) is 2. The van der Waals surface area contributed by atoms with Crippen LogP contribution in [0.3, 0.4) is 0 Å². The maximum atomic E-state index is 13.4. The van der Waals surface area contributed by atoms with Gasteiger partial charge in [-0.25, -0.2) is 4.98 Å². The molecule has 10 heteroatoms. The Labute approximate surface area is 220 Å². The predicted octanol–water partition coefficient (Wildman–Crippen LogP) is 2.44. The molecule has 2 aromatic heterocycles. The van der Waals surface area contributed by atoms with E-state index in [1.807, 2.05) is 36.4 Å². The summed E-state index contributed by atoms with van der Waals surface area (Å²) in [6.07, 6.45) is 3.05. The van der Waals surface area contributed by atoms with Crippen molar-refractivity contribution in [2.75, 3.05) is 31.9 Å². The molecular weight excluding hydrogens is 480 g/mol. The van der Waals surface area contributed by atoms with E-state index in [2.05, 4.69) is 54.6 Å². The number of carbonyl (C=O) groups is 2. The third-order valence-electron chi connectivity index (χ3n) is 6.68. The second kappa shape index (κ2) is 11.2. The quantitative estimate of drug-likeness (QED) is 0.348. The van der Waals surface area contributed by atoms with Crippen LogP contribution in [0.4, 0.5) is 5.69 Å². The molecule has 1 atom stereocenters. The Morgan fingerprint density at radius 3 is 2.34 bits per heavy atom. The van der Waals surface area contributed by atoms with Gasteiger partial charge in [0.25, 0.3) is 11.8 Å². The molecule has 1 aliphatic heterocycles. The number of pyridine rings is 1. The zero-order valence-corrected chi connectivity index (χ0v) is 21.1. The van der Waals surface area contributed by atoms with E-state index in [0.717, 1.165) is 11.1 Å². The van der Waals surface area contributed by atoms with Crippen molar-refractivity contribution in [3.8, 4) is 0 Å². The normalized spacial score (nSPS) is 15.9. The van der Waals surface area contributed by atoms with Crippen molar-refractivity contribution in [2.24, 2.45) is 0 Å². The smallest absolute Gasteiger partial charge is 0.291 e. The lowest BCUT2D eigenvalue weighted by atomic mass is 9.94. The number of benzene rings is 2. The van der Waals surface area contributed by atoms with Gasteiger partial charge in [-0.3, -0.25) is 24.6 Å². The minimum atomic E-state index is -0.367. The fraction of sp³-hybridized carbons (Fsp3) is 0.250. The van der Waals surface area contributed by atoms with Crippen LogP contribution < -0.4 is 11.1 Å². The molecule has 0 radical (unpaired) electrons. The highest BCUT2D eigenvalue weighted by Crippen LogP contribution is 2.32. The first kappa shape index (κ1) is 25.1. The third-order valence-corrected chi connectivity index (χ3v) is 6.68. The molecule has 1 fully saturated rings. The average Bonchev–Trinajstić information content (AvgIpc) is 3.39. The summed E-state index contributed by atoms with van der Waals surface area (Å²) in [5.74, 6) is 0.150. The molecule has 2 amide bonds. The SMILES string of the molecule is Cc1nc(C(=O)NCC2CN(C(=O)c3cncc(N)c3)CCN2C(c2ccccc2)c2ccccc2)n[nH]1. The highest BCUT2D eigenvalue weighted by Gasteiger charge is 2.36. The Balaban J connectivity index is 1.44. The number of nitrogens with zero attached hydrogens (tertiary/aromatic N) is 5. The Bertz CT molecular complexity index is 1350. The highest BCUT2D eigenvalue weighted by atomic mass is 16.2. The number of aryl methyl sites for hydroxylation is 1. The Morgan fingerprint density at radius 2 is 1.74 bits per heavy atom. The molecule has 1 saturated heterocycles. The topological polar surface area (TPSA) is 133 Å². The lowest BCUT2D eigenvalue weighted by Gasteiger charge is -2.45. The van der Waals surface area contributed by atoms with Gasteiger partial charge < -0.3 is 16.0 Å². The lowest BCUT2D eigenvalue weighted by Crippen LogP contribution is -2.59. The van der Waals surface area contributed by atoms with Gasteiger partial charge in [0.05, 0.1) is 17.3 Å². The van der Waals surface area contributed by atoms with Crippen LogP contribution in [-0.2, 0) is 0 Å². The predicted molar refractivity (Wildman–Crippen MR) is 143 cm³/mol. The Morgan fingerprint density at radius 1 is 1.05 bits per heavy atom. The molecule has 1 aliphatic rings. The number of anilines is 1. The summed E-state index contributed by atoms with van der Waals surface area (Å²) in [6.45, 7) is 3.59. The number of piperazine rings is 1. The van der Waals surface area contributed by atoms with E-state index in [9.17, 15) is 9.59 Å². The number of carbonyl (C=O) groups excluding carboxylic acids is 2. The molecule has 4 N–H and O–H groups in total. The second-order valence-electron chi connectivity index (χ2n) is 9.33. The summed E-state index contributed by atoms with van der Waals surface area (Å²) in [4.78, 5) is 38.6. The van der Waals surface area contributed by atoms with Gasteiger partial charge in [-0.2, -0.15) is 0 Å². The number of hydrogen-bond acceptors (Lipinski definition) is 7. The monoisotopic (exact) mass is 510 g/mol. The van der Waals surface area contributed by atoms with Gasteiger partial charge in [-0.15, -0.1) is 5.10 Å². The van der Waals surface area contributed by atoms with E-state index in [0.29, 0.717) is 43.3 Å². The van der Waals surface area contributed by atoms with Crippen molar-refractivity contribution in [3.05, 3.63) is 107 Å². The molecule has 0 aliphatic carbocycles. The summed E-state index contributed by atoms with van der Waals surface area (Å²) in [6, 6.07) is 21.9. The van der Waals surface area contributed by atoms with E-state index in [4.69, 9.17) is 5.73 Å².